The lowest BCUT2D eigenvalue weighted by Gasteiger charge is -2.34. The summed E-state index contributed by atoms with van der Waals surface area (Å²) >= 11 is 0. The summed E-state index contributed by atoms with van der Waals surface area (Å²) in [7, 11) is 0. The zero-order chi connectivity index (χ0) is 15.4. The Morgan fingerprint density at radius 1 is 1.32 bits per heavy atom. The van der Waals surface area contributed by atoms with E-state index in [0.717, 1.165) is 25.5 Å². The van der Waals surface area contributed by atoms with Gasteiger partial charge in [0.25, 0.3) is 0 Å². The number of anilines is 3. The molecule has 1 unspecified atom stereocenters. The van der Waals surface area contributed by atoms with Gasteiger partial charge in [0, 0.05) is 37.6 Å². The zero-order valence-electron chi connectivity index (χ0n) is 12.1. The van der Waals surface area contributed by atoms with Crippen molar-refractivity contribution >= 4 is 17.6 Å². The fourth-order valence-electron chi connectivity index (χ4n) is 2.37. The Labute approximate surface area is 128 Å². The fraction of sp³-hybridized carbons (Fsp3) is 0.357. The Kier molecular flexibility index (Phi) is 4.42. The van der Waals surface area contributed by atoms with Gasteiger partial charge in [0.1, 0.15) is 17.8 Å². The van der Waals surface area contributed by atoms with Gasteiger partial charge in [-0.25, -0.2) is 9.97 Å². The largest absolute Gasteiger partial charge is 0.391 e. The molecule has 0 aromatic carbocycles. The molecule has 0 radical (unpaired) electrons. The first-order valence-electron chi connectivity index (χ1n) is 7.16. The topological polar surface area (TPSA) is 112 Å². The summed E-state index contributed by atoms with van der Waals surface area (Å²) in [5.74, 6) is 1.46. The van der Waals surface area contributed by atoms with Crippen LogP contribution >= 0.6 is 0 Å². The molecule has 3 rings (SSSR count). The molecule has 0 spiro atoms. The van der Waals surface area contributed by atoms with E-state index in [1.165, 1.54) is 0 Å². The third-order valence-electron chi connectivity index (χ3n) is 3.50. The van der Waals surface area contributed by atoms with E-state index in [4.69, 9.17) is 5.73 Å². The molecule has 3 heterocycles. The molecule has 1 saturated heterocycles. The molecule has 116 valence electrons. The molecule has 1 aliphatic heterocycles. The Morgan fingerprint density at radius 3 is 2.86 bits per heavy atom. The van der Waals surface area contributed by atoms with E-state index in [9.17, 15) is 5.11 Å². The van der Waals surface area contributed by atoms with Crippen molar-refractivity contribution in [2.45, 2.75) is 12.8 Å². The number of nitrogens with two attached hydrogens (primary N) is 1. The minimum Gasteiger partial charge on any atom is -0.391 e. The van der Waals surface area contributed by atoms with Crippen molar-refractivity contribution in [1.29, 1.82) is 0 Å². The highest BCUT2D eigenvalue weighted by Crippen LogP contribution is 2.23. The maximum atomic E-state index is 9.21. The number of pyridine rings is 1. The Hall–Kier alpha value is -2.29. The van der Waals surface area contributed by atoms with Crippen LogP contribution in [0, 0.1) is 0 Å². The molecule has 0 saturated carbocycles. The molecule has 8 nitrogen and oxygen atoms in total. The van der Waals surface area contributed by atoms with Crippen LogP contribution in [0.1, 0.15) is 5.56 Å². The second kappa shape index (κ2) is 6.65. The van der Waals surface area contributed by atoms with E-state index in [2.05, 4.69) is 25.6 Å². The van der Waals surface area contributed by atoms with Gasteiger partial charge in [0.15, 0.2) is 0 Å². The summed E-state index contributed by atoms with van der Waals surface area (Å²) < 4.78 is 0. The van der Waals surface area contributed by atoms with Crippen LogP contribution in [0.3, 0.4) is 0 Å². The van der Waals surface area contributed by atoms with Crippen molar-refractivity contribution in [2.75, 3.05) is 30.3 Å². The fourth-order valence-corrected chi connectivity index (χ4v) is 2.37. The zero-order valence-corrected chi connectivity index (χ0v) is 12.1. The van der Waals surface area contributed by atoms with Crippen LogP contribution in [0.25, 0.3) is 0 Å². The number of aromatic nitrogens is 3. The summed E-state index contributed by atoms with van der Waals surface area (Å²) in [6, 6.07) is 5.67. The van der Waals surface area contributed by atoms with E-state index in [-0.39, 0.29) is 18.6 Å². The maximum absolute atomic E-state index is 9.21. The van der Waals surface area contributed by atoms with Gasteiger partial charge in [-0.3, -0.25) is 10.2 Å². The van der Waals surface area contributed by atoms with Gasteiger partial charge in [-0.1, -0.05) is 6.07 Å². The van der Waals surface area contributed by atoms with E-state index < -0.39 is 0 Å². The highest BCUT2D eigenvalue weighted by atomic mass is 16.3. The minimum atomic E-state index is -0.182. The Bertz CT molecular complexity index is 616. The first-order valence-corrected chi connectivity index (χ1v) is 7.16. The van der Waals surface area contributed by atoms with Gasteiger partial charge in [-0.05, 0) is 12.1 Å². The predicted octanol–water partition coefficient (Wildman–Crippen LogP) is -0.397. The van der Waals surface area contributed by atoms with Crippen molar-refractivity contribution < 1.29 is 5.11 Å². The number of aliphatic hydroxyl groups excluding tert-OH is 1. The molecule has 1 atom stereocenters. The van der Waals surface area contributed by atoms with Crippen LogP contribution < -0.4 is 21.3 Å². The molecular weight excluding hydrogens is 282 g/mol. The Morgan fingerprint density at radius 2 is 2.23 bits per heavy atom. The summed E-state index contributed by atoms with van der Waals surface area (Å²) in [5, 5.41) is 16.0. The molecule has 1 fully saturated rings. The predicted molar refractivity (Wildman–Crippen MR) is 83.4 cm³/mol. The van der Waals surface area contributed by atoms with E-state index in [1.807, 2.05) is 23.1 Å². The average Bonchev–Trinajstić information content (AvgIpc) is 2.57. The number of rotatable bonds is 4. The van der Waals surface area contributed by atoms with Crippen molar-refractivity contribution in [1.82, 2.24) is 25.6 Å². The number of aliphatic hydroxyl groups is 1. The highest BCUT2D eigenvalue weighted by Gasteiger charge is 2.25. The molecular formula is C14H19N7O. The van der Waals surface area contributed by atoms with Crippen molar-refractivity contribution in [3.05, 3.63) is 36.2 Å². The lowest BCUT2D eigenvalue weighted by Crippen LogP contribution is -2.56. The Balaban J connectivity index is 1.99. The van der Waals surface area contributed by atoms with Gasteiger partial charge >= 0.3 is 0 Å². The SMILES string of the molecule is Nc1nc(N(c2ccccn2)C2CNCCN2)ncc1CO. The van der Waals surface area contributed by atoms with Crippen LogP contribution in [0.5, 0.6) is 0 Å². The molecule has 5 N–H and O–H groups in total. The summed E-state index contributed by atoms with van der Waals surface area (Å²) in [6.45, 7) is 2.32. The van der Waals surface area contributed by atoms with Crippen molar-refractivity contribution in [3.8, 4) is 0 Å². The van der Waals surface area contributed by atoms with Crippen LogP contribution in [0.15, 0.2) is 30.6 Å². The highest BCUT2D eigenvalue weighted by molar-refractivity contribution is 5.56. The normalized spacial score (nSPS) is 18.1. The van der Waals surface area contributed by atoms with E-state index in [0.29, 0.717) is 11.5 Å². The lowest BCUT2D eigenvalue weighted by molar-refractivity contribution is 0.281. The quantitative estimate of drug-likeness (QED) is 0.604. The summed E-state index contributed by atoms with van der Waals surface area (Å²) in [4.78, 5) is 14.9. The third kappa shape index (κ3) is 2.98. The van der Waals surface area contributed by atoms with Gasteiger partial charge in [-0.2, -0.15) is 4.98 Å². The summed E-state index contributed by atoms with van der Waals surface area (Å²) in [6.07, 6.45) is 3.25. The molecule has 0 bridgehead atoms. The second-order valence-corrected chi connectivity index (χ2v) is 4.97. The van der Waals surface area contributed by atoms with Crippen molar-refractivity contribution in [2.24, 2.45) is 0 Å². The van der Waals surface area contributed by atoms with Crippen LogP contribution in [-0.2, 0) is 6.61 Å². The molecule has 0 aliphatic carbocycles. The van der Waals surface area contributed by atoms with E-state index >= 15 is 0 Å². The lowest BCUT2D eigenvalue weighted by atomic mass is 10.3. The van der Waals surface area contributed by atoms with Crippen LogP contribution in [0.2, 0.25) is 0 Å². The molecule has 22 heavy (non-hydrogen) atoms. The van der Waals surface area contributed by atoms with Gasteiger partial charge in [-0.15, -0.1) is 0 Å². The number of nitrogen functional groups attached to an aromatic ring is 1. The first kappa shape index (κ1) is 14.6. The monoisotopic (exact) mass is 301 g/mol. The van der Waals surface area contributed by atoms with Crippen LogP contribution in [0.4, 0.5) is 17.6 Å². The minimum absolute atomic E-state index is 0.0250. The molecule has 2 aromatic heterocycles. The van der Waals surface area contributed by atoms with Gasteiger partial charge < -0.3 is 16.2 Å². The number of hydrogen-bond acceptors (Lipinski definition) is 8. The molecule has 2 aromatic rings. The van der Waals surface area contributed by atoms with Gasteiger partial charge in [0.2, 0.25) is 5.95 Å². The standard InChI is InChI=1S/C14H19N7O/c15-13-10(9-22)7-19-14(20-13)21(11-3-1-2-4-17-11)12-8-16-5-6-18-12/h1-4,7,12,16,18,22H,5-6,8-9H2,(H2,15,19,20). The number of piperazine rings is 1. The molecule has 1 aliphatic rings. The third-order valence-corrected chi connectivity index (χ3v) is 3.50. The average molecular weight is 301 g/mol. The maximum Gasteiger partial charge on any atom is 0.234 e. The van der Waals surface area contributed by atoms with Gasteiger partial charge in [0.05, 0.1) is 6.61 Å². The molecule has 0 amide bonds. The number of hydrogen-bond donors (Lipinski definition) is 4. The van der Waals surface area contributed by atoms with Crippen LogP contribution in [-0.4, -0.2) is 45.9 Å². The summed E-state index contributed by atoms with van der Waals surface area (Å²) in [5.41, 5.74) is 6.40. The smallest absolute Gasteiger partial charge is 0.234 e. The number of nitrogens with one attached hydrogen (secondary N) is 2. The number of nitrogens with zero attached hydrogens (tertiary/aromatic N) is 4. The van der Waals surface area contributed by atoms with Crippen molar-refractivity contribution in [3.63, 3.8) is 0 Å². The van der Waals surface area contributed by atoms with E-state index in [1.54, 1.807) is 12.4 Å². The first-order chi connectivity index (χ1) is 10.8. The second-order valence-electron chi connectivity index (χ2n) is 4.97. The molecule has 8 heteroatoms.